The van der Waals surface area contributed by atoms with Crippen LogP contribution in [-0.4, -0.2) is 4.98 Å². The lowest BCUT2D eigenvalue weighted by atomic mass is 9.94. The van der Waals surface area contributed by atoms with Crippen molar-refractivity contribution in [1.82, 2.24) is 4.98 Å². The predicted molar refractivity (Wildman–Crippen MR) is 197 cm³/mol. The van der Waals surface area contributed by atoms with Gasteiger partial charge in [-0.05, 0) is 99.4 Å². The van der Waals surface area contributed by atoms with Crippen LogP contribution in [-0.2, 0) is 0 Å². The van der Waals surface area contributed by atoms with Crippen LogP contribution in [0.1, 0.15) is 119 Å². The van der Waals surface area contributed by atoms with E-state index in [-0.39, 0.29) is 0 Å². The predicted octanol–water partition coefficient (Wildman–Crippen LogP) is 13.0. The SMILES string of the molecule is C#CC(/C=C(/F)C(=C)C)=C(/C)Nc1ccc(C)c(/C=C\CCC)c1.C=C(C)C.CC(C)(C)C.CC(C)C(C)c1ccccn1. The molecule has 0 aliphatic heterocycles. The molecule has 0 fully saturated rings. The van der Waals surface area contributed by atoms with E-state index in [2.05, 4.69) is 122 Å². The molecule has 0 saturated heterocycles. The second-order valence-corrected chi connectivity index (χ2v) is 13.3. The average molecular weight is 601 g/mol. The van der Waals surface area contributed by atoms with E-state index in [0.29, 0.717) is 28.4 Å². The molecule has 2 rings (SSSR count). The summed E-state index contributed by atoms with van der Waals surface area (Å²) in [5, 5.41) is 3.26. The van der Waals surface area contributed by atoms with Gasteiger partial charge in [0.25, 0.3) is 0 Å². The van der Waals surface area contributed by atoms with E-state index in [9.17, 15) is 4.39 Å². The molecule has 1 aromatic carbocycles. The summed E-state index contributed by atoms with van der Waals surface area (Å²) < 4.78 is 13.7. The maximum atomic E-state index is 13.7. The normalized spacial score (nSPS) is 12.3. The first-order valence-corrected chi connectivity index (χ1v) is 15.6. The van der Waals surface area contributed by atoms with Gasteiger partial charge in [0.15, 0.2) is 0 Å². The van der Waals surface area contributed by atoms with Gasteiger partial charge in [-0.2, -0.15) is 0 Å². The van der Waals surface area contributed by atoms with Gasteiger partial charge in [0.05, 0.1) is 0 Å². The summed E-state index contributed by atoms with van der Waals surface area (Å²) in [6.07, 6.45) is 15.2. The quantitative estimate of drug-likeness (QED) is 0.176. The molecule has 3 heteroatoms. The summed E-state index contributed by atoms with van der Waals surface area (Å²) >= 11 is 0. The fourth-order valence-electron chi connectivity index (χ4n) is 3.05. The summed E-state index contributed by atoms with van der Waals surface area (Å²) in [6.45, 7) is 34.2. The molecular formula is C41H61FN2. The highest BCUT2D eigenvalue weighted by Gasteiger charge is 2.09. The Morgan fingerprint density at radius 3 is 2.05 bits per heavy atom. The van der Waals surface area contributed by atoms with Crippen molar-refractivity contribution in [2.45, 2.75) is 109 Å². The summed E-state index contributed by atoms with van der Waals surface area (Å²) in [6, 6.07) is 12.2. The monoisotopic (exact) mass is 600 g/mol. The summed E-state index contributed by atoms with van der Waals surface area (Å²) in [5.41, 5.74) is 7.70. The zero-order valence-corrected chi connectivity index (χ0v) is 30.2. The number of anilines is 1. The van der Waals surface area contributed by atoms with E-state index in [1.54, 1.807) is 6.92 Å². The Morgan fingerprint density at radius 1 is 1.05 bits per heavy atom. The van der Waals surface area contributed by atoms with E-state index < -0.39 is 5.83 Å². The topological polar surface area (TPSA) is 24.9 Å². The highest BCUT2D eigenvalue weighted by atomic mass is 19.1. The first kappa shape index (κ1) is 42.5. The first-order chi connectivity index (χ1) is 20.3. The molecule has 1 heterocycles. The molecule has 0 radical (unpaired) electrons. The van der Waals surface area contributed by atoms with Gasteiger partial charge in [0.1, 0.15) is 5.83 Å². The van der Waals surface area contributed by atoms with Crippen LogP contribution in [0.5, 0.6) is 0 Å². The van der Waals surface area contributed by atoms with Crippen molar-refractivity contribution < 1.29 is 4.39 Å². The van der Waals surface area contributed by atoms with Crippen LogP contribution in [0.4, 0.5) is 10.1 Å². The van der Waals surface area contributed by atoms with Gasteiger partial charge in [0, 0.05) is 34.8 Å². The molecule has 1 atom stereocenters. The molecule has 0 amide bonds. The molecule has 1 unspecified atom stereocenters. The Labute approximate surface area is 271 Å². The van der Waals surface area contributed by atoms with Gasteiger partial charge >= 0.3 is 0 Å². The van der Waals surface area contributed by atoms with Crippen molar-refractivity contribution in [2.75, 3.05) is 5.32 Å². The summed E-state index contributed by atoms with van der Waals surface area (Å²) in [4.78, 5) is 4.30. The number of benzene rings is 1. The second kappa shape index (κ2) is 22.8. The number of terminal acetylenes is 1. The van der Waals surface area contributed by atoms with Crippen molar-refractivity contribution in [3.63, 3.8) is 0 Å². The van der Waals surface area contributed by atoms with E-state index >= 15 is 0 Å². The van der Waals surface area contributed by atoms with Gasteiger partial charge in [0.2, 0.25) is 0 Å². The number of hydrogen-bond donors (Lipinski definition) is 1. The third kappa shape index (κ3) is 22.9. The molecule has 1 aromatic heterocycles. The lowest BCUT2D eigenvalue weighted by Crippen LogP contribution is -2.03. The van der Waals surface area contributed by atoms with Gasteiger partial charge in [-0.25, -0.2) is 4.39 Å². The standard InChI is InChI=1S/C22H26FN.C10H15N.C5H12.C4H8/c1-7-9-10-11-20-14-21(13-12-17(20)5)24-18(6)19(8-2)15-22(23)16(3)4;1-8(2)9(3)10-6-4-5-7-11-10;1-5(2,3)4;1-4(2)3/h2,10-15,24H,3,7,9H2,1,4-6H3;4-9H,1-3H3;1-4H3;1H2,2-3H3/b11-10-,19-18+,22-15+;;;. The zero-order valence-electron chi connectivity index (χ0n) is 30.2. The Kier molecular flexibility index (Phi) is 22.1. The number of hydrogen-bond acceptors (Lipinski definition) is 2. The second-order valence-electron chi connectivity index (χ2n) is 13.3. The largest absolute Gasteiger partial charge is 0.358 e. The van der Waals surface area contributed by atoms with Crippen LogP contribution >= 0.6 is 0 Å². The van der Waals surface area contributed by atoms with Gasteiger partial charge in [-0.15, -0.1) is 13.0 Å². The molecule has 242 valence electrons. The van der Waals surface area contributed by atoms with Crippen molar-refractivity contribution in [1.29, 1.82) is 0 Å². The third-order valence-electron chi connectivity index (χ3n) is 5.76. The van der Waals surface area contributed by atoms with Crippen LogP contribution in [0.2, 0.25) is 0 Å². The Balaban J connectivity index is 0. The number of nitrogens with zero attached hydrogens (tertiary/aromatic N) is 1. The van der Waals surface area contributed by atoms with E-state index in [1.807, 2.05) is 45.2 Å². The molecular weight excluding hydrogens is 539 g/mol. The molecule has 0 saturated carbocycles. The van der Waals surface area contributed by atoms with E-state index in [0.717, 1.165) is 29.8 Å². The van der Waals surface area contributed by atoms with E-state index in [4.69, 9.17) is 6.42 Å². The highest BCUT2D eigenvalue weighted by Crippen LogP contribution is 2.22. The number of aryl methyl sites for hydroxylation is 1. The molecule has 0 spiro atoms. The number of allylic oxidation sites excluding steroid dienone is 7. The smallest absolute Gasteiger partial charge is 0.126 e. The number of pyridine rings is 1. The summed E-state index contributed by atoms with van der Waals surface area (Å²) in [7, 11) is 0. The van der Waals surface area contributed by atoms with E-state index in [1.165, 1.54) is 22.9 Å². The zero-order chi connectivity index (χ0) is 34.5. The van der Waals surface area contributed by atoms with Crippen LogP contribution in [0.15, 0.2) is 96.1 Å². The third-order valence-corrected chi connectivity index (χ3v) is 5.76. The summed E-state index contributed by atoms with van der Waals surface area (Å²) in [5.74, 6) is 3.35. The van der Waals surface area contributed by atoms with Crippen LogP contribution in [0.3, 0.4) is 0 Å². The fourth-order valence-corrected chi connectivity index (χ4v) is 3.05. The minimum atomic E-state index is -0.406. The number of rotatable bonds is 9. The van der Waals surface area contributed by atoms with Crippen molar-refractivity contribution in [3.05, 3.63) is 113 Å². The fraction of sp³-hybridized carbons (Fsp3) is 0.439. The molecule has 44 heavy (non-hydrogen) atoms. The Hall–Kier alpha value is -3.64. The van der Waals surface area contributed by atoms with Crippen molar-refractivity contribution >= 4 is 11.8 Å². The number of aromatic nitrogens is 1. The average Bonchev–Trinajstić information content (AvgIpc) is 2.92. The Morgan fingerprint density at radius 2 is 1.61 bits per heavy atom. The highest BCUT2D eigenvalue weighted by molar-refractivity contribution is 5.63. The van der Waals surface area contributed by atoms with Gasteiger partial charge in [-0.3, -0.25) is 4.98 Å². The van der Waals surface area contributed by atoms with Gasteiger partial charge < -0.3 is 5.32 Å². The minimum Gasteiger partial charge on any atom is -0.358 e. The van der Waals surface area contributed by atoms with Gasteiger partial charge in [-0.1, -0.05) is 104 Å². The molecule has 0 aliphatic rings. The lowest BCUT2D eigenvalue weighted by Gasteiger charge is -2.13. The maximum Gasteiger partial charge on any atom is 0.126 e. The molecule has 2 nitrogen and oxygen atoms in total. The minimum absolute atomic E-state index is 0.356. The first-order valence-electron chi connectivity index (χ1n) is 15.6. The van der Waals surface area contributed by atoms with Crippen molar-refractivity contribution in [3.8, 4) is 12.3 Å². The number of unbranched alkanes of at least 4 members (excludes halogenated alkanes) is 1. The van der Waals surface area contributed by atoms with Crippen LogP contribution in [0, 0.1) is 30.6 Å². The van der Waals surface area contributed by atoms with Crippen LogP contribution < -0.4 is 5.32 Å². The molecule has 2 aromatic rings. The lowest BCUT2D eigenvalue weighted by molar-refractivity contribution is 0.469. The van der Waals surface area contributed by atoms with Crippen LogP contribution in [0.25, 0.3) is 6.08 Å². The molecule has 0 bridgehead atoms. The maximum absolute atomic E-state index is 13.7. The Bertz CT molecular complexity index is 1250. The molecule has 1 N–H and O–H groups in total. The number of nitrogens with one attached hydrogen (secondary N) is 1. The van der Waals surface area contributed by atoms with Crippen molar-refractivity contribution in [2.24, 2.45) is 11.3 Å². The molecule has 0 aliphatic carbocycles. The number of halogens is 1.